The minimum Gasteiger partial charge on any atom is -0.107 e. The highest BCUT2D eigenvalue weighted by atomic mass is 14.0. The highest BCUT2D eigenvalue weighted by molar-refractivity contribution is 4.94. The molecule has 0 bridgehead atoms. The molecule has 0 radical (unpaired) electrons. The maximum Gasteiger partial charge on any atom is 0.00885 e. The molecule has 0 saturated carbocycles. The predicted molar refractivity (Wildman–Crippen MR) is 111 cm³/mol. The first kappa shape index (κ1) is 23.6. The van der Waals surface area contributed by atoms with Crippen LogP contribution < -0.4 is 0 Å². The summed E-state index contributed by atoms with van der Waals surface area (Å²) in [6, 6.07) is 0. The zero-order chi connectivity index (χ0) is 17.6. The molecule has 0 aliphatic rings. The fourth-order valence-corrected chi connectivity index (χ4v) is 3.42. The number of hydrogen-bond acceptors (Lipinski definition) is 0. The molecule has 0 heteroatoms. The Labute approximate surface area is 154 Å². The molecule has 0 nitrogen and oxygen atoms in total. The SMILES string of the molecule is CC#CCCCCCCCCCCCCCCCCCCCCC. The monoisotopic (exact) mass is 334 g/mol. The van der Waals surface area contributed by atoms with Crippen molar-refractivity contribution in [1.29, 1.82) is 0 Å². The lowest BCUT2D eigenvalue weighted by molar-refractivity contribution is 0.524. The van der Waals surface area contributed by atoms with E-state index in [2.05, 4.69) is 18.8 Å². The Morgan fingerprint density at radius 3 is 1.00 bits per heavy atom. The molecule has 0 aliphatic carbocycles. The number of hydrogen-bond donors (Lipinski definition) is 0. The maximum atomic E-state index is 3.16. The molecule has 0 rings (SSSR count). The van der Waals surface area contributed by atoms with Gasteiger partial charge in [0.15, 0.2) is 0 Å². The summed E-state index contributed by atoms with van der Waals surface area (Å²) in [5.41, 5.74) is 0. The third-order valence-corrected chi connectivity index (χ3v) is 5.08. The molecule has 142 valence electrons. The molecule has 0 N–H and O–H groups in total. The molecule has 0 fully saturated rings. The van der Waals surface area contributed by atoms with Gasteiger partial charge < -0.3 is 0 Å². The Balaban J connectivity index is 2.96. The van der Waals surface area contributed by atoms with Gasteiger partial charge in [0.1, 0.15) is 0 Å². The summed E-state index contributed by atoms with van der Waals surface area (Å²) in [6.45, 7) is 4.24. The molecule has 0 unspecified atom stereocenters. The zero-order valence-corrected chi connectivity index (χ0v) is 17.1. The third-order valence-electron chi connectivity index (χ3n) is 5.08. The quantitative estimate of drug-likeness (QED) is 0.163. The summed E-state index contributed by atoms with van der Waals surface area (Å²) in [7, 11) is 0. The molecule has 0 aromatic rings. The second-order valence-corrected chi connectivity index (χ2v) is 7.54. The molecule has 0 saturated heterocycles. The van der Waals surface area contributed by atoms with Crippen molar-refractivity contribution in [2.45, 2.75) is 142 Å². The zero-order valence-electron chi connectivity index (χ0n) is 17.1. The van der Waals surface area contributed by atoms with E-state index in [1.54, 1.807) is 0 Å². The molecular weight excluding hydrogens is 288 g/mol. The van der Waals surface area contributed by atoms with Crippen LogP contribution in [0, 0.1) is 11.8 Å². The predicted octanol–water partition coefficient (Wildman–Crippen LogP) is 8.83. The molecular formula is C24H46. The van der Waals surface area contributed by atoms with E-state index in [-0.39, 0.29) is 0 Å². The third kappa shape index (κ3) is 21.6. The van der Waals surface area contributed by atoms with Crippen molar-refractivity contribution in [1.82, 2.24) is 0 Å². The summed E-state index contributed by atoms with van der Waals surface area (Å²) < 4.78 is 0. The van der Waals surface area contributed by atoms with Crippen molar-refractivity contribution >= 4 is 0 Å². The molecule has 24 heavy (non-hydrogen) atoms. The van der Waals surface area contributed by atoms with Crippen molar-refractivity contribution in [3.05, 3.63) is 0 Å². The lowest BCUT2D eigenvalue weighted by Crippen LogP contribution is -1.84. The maximum absolute atomic E-state index is 3.16. The molecule has 0 aliphatic heterocycles. The van der Waals surface area contributed by atoms with Gasteiger partial charge in [-0.3, -0.25) is 0 Å². The van der Waals surface area contributed by atoms with Gasteiger partial charge in [-0.2, -0.15) is 0 Å². The van der Waals surface area contributed by atoms with E-state index >= 15 is 0 Å². The smallest absolute Gasteiger partial charge is 0.00885 e. The summed E-state index contributed by atoms with van der Waals surface area (Å²) in [4.78, 5) is 0. The molecule has 0 heterocycles. The van der Waals surface area contributed by atoms with E-state index in [0.717, 1.165) is 6.42 Å². The largest absolute Gasteiger partial charge is 0.107 e. The van der Waals surface area contributed by atoms with Crippen LogP contribution in [0.5, 0.6) is 0 Å². The van der Waals surface area contributed by atoms with Gasteiger partial charge in [-0.1, -0.05) is 122 Å². The van der Waals surface area contributed by atoms with Gasteiger partial charge in [0.2, 0.25) is 0 Å². The minimum absolute atomic E-state index is 1.11. The van der Waals surface area contributed by atoms with Crippen molar-refractivity contribution in [3.63, 3.8) is 0 Å². The van der Waals surface area contributed by atoms with Crippen LogP contribution in [0.1, 0.15) is 142 Å². The van der Waals surface area contributed by atoms with Crippen LogP contribution >= 0.6 is 0 Å². The lowest BCUT2D eigenvalue weighted by Gasteiger charge is -2.03. The van der Waals surface area contributed by atoms with Gasteiger partial charge in [-0.05, 0) is 13.3 Å². The minimum atomic E-state index is 1.11. The molecule has 0 aromatic carbocycles. The van der Waals surface area contributed by atoms with Gasteiger partial charge >= 0.3 is 0 Å². The molecule has 0 atom stereocenters. The standard InChI is InChI=1S/C24H46/c1-3-5-7-9-11-13-15-17-19-21-23-24-22-20-18-16-14-12-10-8-6-4-2/h3,5,7-24H2,1-2H3. The first-order valence-electron chi connectivity index (χ1n) is 11.3. The highest BCUT2D eigenvalue weighted by Gasteiger charge is 1.95. The van der Waals surface area contributed by atoms with Gasteiger partial charge in [0.05, 0.1) is 0 Å². The fraction of sp³-hybridized carbons (Fsp3) is 0.917. The Morgan fingerprint density at radius 1 is 0.417 bits per heavy atom. The van der Waals surface area contributed by atoms with E-state index in [4.69, 9.17) is 0 Å². The van der Waals surface area contributed by atoms with Crippen LogP contribution in [0.15, 0.2) is 0 Å². The van der Waals surface area contributed by atoms with Gasteiger partial charge in [0.25, 0.3) is 0 Å². The van der Waals surface area contributed by atoms with Crippen LogP contribution in [0.4, 0.5) is 0 Å². The average molecular weight is 335 g/mol. The lowest BCUT2D eigenvalue weighted by atomic mass is 10.0. The second kappa shape index (κ2) is 22.6. The van der Waals surface area contributed by atoms with Crippen molar-refractivity contribution < 1.29 is 0 Å². The van der Waals surface area contributed by atoms with Gasteiger partial charge in [-0.25, -0.2) is 0 Å². The van der Waals surface area contributed by atoms with Gasteiger partial charge in [0, 0.05) is 6.42 Å². The van der Waals surface area contributed by atoms with Crippen LogP contribution in [-0.2, 0) is 0 Å². The Morgan fingerprint density at radius 2 is 0.708 bits per heavy atom. The summed E-state index contributed by atoms with van der Waals surface area (Å²) in [6.07, 6.45) is 28.6. The Bertz CT molecular complexity index is 267. The normalized spacial score (nSPS) is 10.6. The second-order valence-electron chi connectivity index (χ2n) is 7.54. The summed E-state index contributed by atoms with van der Waals surface area (Å²) >= 11 is 0. The van der Waals surface area contributed by atoms with Crippen molar-refractivity contribution in [2.75, 3.05) is 0 Å². The van der Waals surface area contributed by atoms with Crippen molar-refractivity contribution in [3.8, 4) is 11.8 Å². The fourth-order valence-electron chi connectivity index (χ4n) is 3.42. The summed E-state index contributed by atoms with van der Waals surface area (Å²) in [5, 5.41) is 0. The summed E-state index contributed by atoms with van der Waals surface area (Å²) in [5.74, 6) is 6.13. The van der Waals surface area contributed by atoms with Crippen LogP contribution in [0.3, 0.4) is 0 Å². The topological polar surface area (TPSA) is 0 Å². The molecule has 0 spiro atoms. The van der Waals surface area contributed by atoms with E-state index in [0.29, 0.717) is 0 Å². The van der Waals surface area contributed by atoms with Crippen LogP contribution in [-0.4, -0.2) is 0 Å². The van der Waals surface area contributed by atoms with E-state index in [1.165, 1.54) is 122 Å². The van der Waals surface area contributed by atoms with Gasteiger partial charge in [-0.15, -0.1) is 11.8 Å². The molecule has 0 aromatic heterocycles. The van der Waals surface area contributed by atoms with E-state index in [9.17, 15) is 0 Å². The first-order valence-corrected chi connectivity index (χ1v) is 11.3. The Kier molecular flexibility index (Phi) is 22.1. The van der Waals surface area contributed by atoms with Crippen LogP contribution in [0.2, 0.25) is 0 Å². The average Bonchev–Trinajstić information content (AvgIpc) is 2.60. The highest BCUT2D eigenvalue weighted by Crippen LogP contribution is 2.14. The Hall–Kier alpha value is -0.440. The molecule has 0 amide bonds. The number of unbranched alkanes of at least 4 members (excludes halogenated alkanes) is 19. The van der Waals surface area contributed by atoms with Crippen molar-refractivity contribution in [2.24, 2.45) is 0 Å². The van der Waals surface area contributed by atoms with Crippen LogP contribution in [0.25, 0.3) is 0 Å². The number of rotatable bonds is 19. The first-order chi connectivity index (χ1) is 11.9. The van der Waals surface area contributed by atoms with E-state index in [1.807, 2.05) is 6.92 Å². The van der Waals surface area contributed by atoms with E-state index < -0.39 is 0 Å².